The Labute approximate surface area is 165 Å². The molecule has 1 heterocycles. The van der Waals surface area contributed by atoms with Crippen LogP contribution in [0.25, 0.3) is 0 Å². The average Bonchev–Trinajstić information content (AvgIpc) is 2.72. The Morgan fingerprint density at radius 1 is 1.14 bits per heavy atom. The van der Waals surface area contributed by atoms with Crippen LogP contribution in [-0.2, 0) is 16.0 Å². The van der Waals surface area contributed by atoms with Crippen molar-refractivity contribution in [3.63, 3.8) is 0 Å². The molecule has 0 unspecified atom stereocenters. The fraction of sp³-hybridized carbons (Fsp3) is 0.263. The Balaban J connectivity index is 1.45. The van der Waals surface area contributed by atoms with Crippen LogP contribution in [0.4, 0.5) is 11.4 Å². The molecule has 1 aliphatic heterocycles. The van der Waals surface area contributed by atoms with E-state index in [1.165, 1.54) is 12.1 Å². The lowest BCUT2D eigenvalue weighted by atomic mass is 10.1. The fourth-order valence-electron chi connectivity index (χ4n) is 2.68. The van der Waals surface area contributed by atoms with Gasteiger partial charge in [-0.1, -0.05) is 6.07 Å². The van der Waals surface area contributed by atoms with Gasteiger partial charge < -0.3 is 25.3 Å². The molecule has 0 aromatic heterocycles. The Hall–Kier alpha value is -3.82. The van der Waals surface area contributed by atoms with E-state index in [1.54, 1.807) is 0 Å². The number of nitrogen functional groups attached to an aromatic ring is 1. The van der Waals surface area contributed by atoms with E-state index in [1.807, 2.05) is 18.2 Å². The van der Waals surface area contributed by atoms with E-state index < -0.39 is 29.1 Å². The molecule has 1 amide bonds. The SMILES string of the molecule is Nc1ccc(C(=O)OCC(=O)NCCc2ccc3c(c2)OCCO3)cc1[N+](=O)[O-]. The van der Waals surface area contributed by atoms with Crippen molar-refractivity contribution < 1.29 is 28.7 Å². The molecule has 0 saturated heterocycles. The smallest absolute Gasteiger partial charge is 0.338 e. The number of benzene rings is 2. The van der Waals surface area contributed by atoms with E-state index >= 15 is 0 Å². The van der Waals surface area contributed by atoms with Crippen molar-refractivity contribution in [2.24, 2.45) is 0 Å². The summed E-state index contributed by atoms with van der Waals surface area (Å²) in [5.41, 5.74) is 5.91. The highest BCUT2D eigenvalue weighted by Gasteiger charge is 2.17. The van der Waals surface area contributed by atoms with E-state index in [0.717, 1.165) is 11.6 Å². The number of nitro groups is 1. The first kappa shape index (κ1) is 19.9. The molecule has 0 saturated carbocycles. The van der Waals surface area contributed by atoms with Gasteiger partial charge in [-0.2, -0.15) is 0 Å². The van der Waals surface area contributed by atoms with Gasteiger partial charge in [0.1, 0.15) is 18.9 Å². The van der Waals surface area contributed by atoms with Gasteiger partial charge in [-0.15, -0.1) is 0 Å². The summed E-state index contributed by atoms with van der Waals surface area (Å²) in [7, 11) is 0. The van der Waals surface area contributed by atoms with Crippen molar-refractivity contribution in [3.8, 4) is 11.5 Å². The Bertz CT molecular complexity index is 945. The molecular weight excluding hydrogens is 382 g/mol. The minimum absolute atomic E-state index is 0.0602. The summed E-state index contributed by atoms with van der Waals surface area (Å²) in [6.45, 7) is 0.849. The first-order chi connectivity index (χ1) is 13.9. The quantitative estimate of drug-likeness (QED) is 0.307. The van der Waals surface area contributed by atoms with Crippen LogP contribution < -0.4 is 20.5 Å². The Morgan fingerprint density at radius 3 is 2.66 bits per heavy atom. The molecule has 2 aromatic rings. The summed E-state index contributed by atoms with van der Waals surface area (Å²) < 4.78 is 15.9. The van der Waals surface area contributed by atoms with E-state index in [2.05, 4.69) is 5.32 Å². The number of ether oxygens (including phenoxy) is 3. The maximum absolute atomic E-state index is 12.0. The van der Waals surface area contributed by atoms with Crippen molar-refractivity contribution in [1.29, 1.82) is 0 Å². The molecule has 10 nitrogen and oxygen atoms in total. The summed E-state index contributed by atoms with van der Waals surface area (Å²) in [4.78, 5) is 34.0. The molecule has 0 spiro atoms. The van der Waals surface area contributed by atoms with Gasteiger partial charge in [-0.3, -0.25) is 14.9 Å². The van der Waals surface area contributed by atoms with Gasteiger partial charge in [0.15, 0.2) is 18.1 Å². The Morgan fingerprint density at radius 2 is 1.90 bits per heavy atom. The van der Waals surface area contributed by atoms with E-state index in [4.69, 9.17) is 19.9 Å². The van der Waals surface area contributed by atoms with Crippen LogP contribution in [-0.4, -0.2) is 43.2 Å². The van der Waals surface area contributed by atoms with Gasteiger partial charge in [0.2, 0.25) is 0 Å². The third-order valence-electron chi connectivity index (χ3n) is 4.14. The number of fused-ring (bicyclic) bond motifs is 1. The van der Waals surface area contributed by atoms with E-state index in [0.29, 0.717) is 37.7 Å². The first-order valence-corrected chi connectivity index (χ1v) is 8.80. The first-order valence-electron chi connectivity index (χ1n) is 8.80. The second kappa shape index (κ2) is 8.91. The molecule has 1 aliphatic rings. The number of amides is 1. The maximum Gasteiger partial charge on any atom is 0.338 e. The normalized spacial score (nSPS) is 12.1. The lowest BCUT2D eigenvalue weighted by Gasteiger charge is -2.18. The van der Waals surface area contributed by atoms with Crippen molar-refractivity contribution in [2.75, 3.05) is 32.1 Å². The molecule has 3 N–H and O–H groups in total. The number of rotatable bonds is 7. The molecule has 2 aromatic carbocycles. The van der Waals surface area contributed by atoms with Crippen LogP contribution in [0.3, 0.4) is 0 Å². The second-order valence-electron chi connectivity index (χ2n) is 6.18. The van der Waals surface area contributed by atoms with Gasteiger partial charge in [0.05, 0.1) is 10.5 Å². The summed E-state index contributed by atoms with van der Waals surface area (Å²) >= 11 is 0. The number of esters is 1. The molecule has 0 fully saturated rings. The molecule has 3 rings (SSSR count). The average molecular weight is 401 g/mol. The summed E-state index contributed by atoms with van der Waals surface area (Å²) in [5.74, 6) is 0.0291. The Kier molecular flexibility index (Phi) is 6.12. The van der Waals surface area contributed by atoms with Crippen LogP contribution in [0.5, 0.6) is 11.5 Å². The third-order valence-corrected chi connectivity index (χ3v) is 4.14. The zero-order valence-electron chi connectivity index (χ0n) is 15.4. The van der Waals surface area contributed by atoms with Crippen LogP contribution >= 0.6 is 0 Å². The number of nitro benzene ring substituents is 1. The minimum atomic E-state index is -0.852. The molecule has 0 atom stereocenters. The van der Waals surface area contributed by atoms with Crippen molar-refractivity contribution in [1.82, 2.24) is 5.32 Å². The third kappa shape index (κ3) is 5.12. The lowest BCUT2D eigenvalue weighted by molar-refractivity contribution is -0.383. The zero-order valence-corrected chi connectivity index (χ0v) is 15.4. The highest BCUT2D eigenvalue weighted by molar-refractivity contribution is 5.92. The highest BCUT2D eigenvalue weighted by atomic mass is 16.6. The number of hydrogen-bond donors (Lipinski definition) is 2. The van der Waals surface area contributed by atoms with Crippen LogP contribution in [0, 0.1) is 10.1 Å². The predicted octanol–water partition coefficient (Wildman–Crippen LogP) is 1.46. The number of carbonyl (C=O) groups is 2. The monoisotopic (exact) mass is 401 g/mol. The topological polar surface area (TPSA) is 143 Å². The molecular formula is C19H19N3O7. The largest absolute Gasteiger partial charge is 0.486 e. The molecule has 152 valence electrons. The molecule has 0 bridgehead atoms. The molecule has 0 radical (unpaired) electrons. The minimum Gasteiger partial charge on any atom is -0.486 e. The number of nitrogens with one attached hydrogen (secondary N) is 1. The summed E-state index contributed by atoms with van der Waals surface area (Å²) in [5, 5.41) is 13.5. The van der Waals surface area contributed by atoms with Crippen LogP contribution in [0.15, 0.2) is 36.4 Å². The van der Waals surface area contributed by atoms with Crippen molar-refractivity contribution >= 4 is 23.3 Å². The van der Waals surface area contributed by atoms with Gasteiger partial charge in [-0.05, 0) is 36.2 Å². The van der Waals surface area contributed by atoms with Gasteiger partial charge >= 0.3 is 5.97 Å². The van der Waals surface area contributed by atoms with Crippen molar-refractivity contribution in [2.45, 2.75) is 6.42 Å². The lowest BCUT2D eigenvalue weighted by Crippen LogP contribution is -2.30. The molecule has 29 heavy (non-hydrogen) atoms. The van der Waals surface area contributed by atoms with E-state index in [9.17, 15) is 19.7 Å². The van der Waals surface area contributed by atoms with Crippen LogP contribution in [0.2, 0.25) is 0 Å². The predicted molar refractivity (Wildman–Crippen MR) is 102 cm³/mol. The number of carbonyl (C=O) groups excluding carboxylic acids is 2. The maximum atomic E-state index is 12.0. The number of nitrogens with two attached hydrogens (primary N) is 1. The number of anilines is 1. The van der Waals surface area contributed by atoms with Crippen LogP contribution in [0.1, 0.15) is 15.9 Å². The fourth-order valence-corrected chi connectivity index (χ4v) is 2.68. The second-order valence-corrected chi connectivity index (χ2v) is 6.18. The molecule has 0 aliphatic carbocycles. The number of nitrogens with zero attached hydrogens (tertiary/aromatic N) is 1. The van der Waals surface area contributed by atoms with Crippen molar-refractivity contribution in [3.05, 3.63) is 57.6 Å². The standard InChI is InChI=1S/C19H19N3O7/c20-14-3-2-13(10-15(14)22(25)26)19(24)29-11-18(23)21-6-5-12-1-4-16-17(9-12)28-8-7-27-16/h1-4,9-10H,5-8,11,20H2,(H,21,23). The van der Waals surface area contributed by atoms with Gasteiger partial charge in [0.25, 0.3) is 11.6 Å². The number of hydrogen-bond acceptors (Lipinski definition) is 8. The molecule has 10 heteroatoms. The van der Waals surface area contributed by atoms with Gasteiger partial charge in [0, 0.05) is 12.6 Å². The summed E-state index contributed by atoms with van der Waals surface area (Å²) in [6.07, 6.45) is 0.556. The zero-order chi connectivity index (χ0) is 20.8. The highest BCUT2D eigenvalue weighted by Crippen LogP contribution is 2.30. The summed E-state index contributed by atoms with van der Waals surface area (Å²) in [6, 6.07) is 9.10. The van der Waals surface area contributed by atoms with E-state index in [-0.39, 0.29) is 11.3 Å². The van der Waals surface area contributed by atoms with Gasteiger partial charge in [-0.25, -0.2) is 4.79 Å².